The molecule has 5 atom stereocenters. The third kappa shape index (κ3) is 1.97. The van der Waals surface area contributed by atoms with E-state index in [1.165, 1.54) is 45.2 Å². The van der Waals surface area contributed by atoms with Crippen LogP contribution >= 0.6 is 0 Å². The predicted octanol–water partition coefficient (Wildman–Crippen LogP) is 3.66. The van der Waals surface area contributed by atoms with Crippen LogP contribution in [-0.4, -0.2) is 35.6 Å². The highest BCUT2D eigenvalue weighted by Crippen LogP contribution is 2.64. The SMILES string of the molecule is CC1CNC(C)(C2CC2)CN1C1C2(C)CCC(C2)C1(C)C. The van der Waals surface area contributed by atoms with E-state index >= 15 is 0 Å². The average Bonchev–Trinajstić information content (AvgIpc) is 3.14. The lowest BCUT2D eigenvalue weighted by Gasteiger charge is -2.56. The van der Waals surface area contributed by atoms with Crippen molar-refractivity contribution in [1.82, 2.24) is 10.2 Å². The Morgan fingerprint density at radius 2 is 1.71 bits per heavy atom. The van der Waals surface area contributed by atoms with Crippen molar-refractivity contribution in [2.24, 2.45) is 22.7 Å². The van der Waals surface area contributed by atoms with Crippen molar-refractivity contribution in [2.75, 3.05) is 13.1 Å². The molecule has 1 aliphatic heterocycles. The number of piperazine rings is 1. The van der Waals surface area contributed by atoms with Gasteiger partial charge in [-0.3, -0.25) is 4.90 Å². The van der Waals surface area contributed by atoms with E-state index in [1.807, 2.05) is 0 Å². The van der Waals surface area contributed by atoms with E-state index in [-0.39, 0.29) is 0 Å². The van der Waals surface area contributed by atoms with E-state index in [0.717, 1.165) is 17.9 Å². The Balaban J connectivity index is 1.64. The average molecular weight is 290 g/mol. The zero-order valence-electron chi connectivity index (χ0n) is 14.7. The molecule has 1 N–H and O–H groups in total. The molecule has 4 fully saturated rings. The fourth-order valence-electron chi connectivity index (χ4n) is 6.53. The van der Waals surface area contributed by atoms with Gasteiger partial charge in [0.05, 0.1) is 0 Å². The monoisotopic (exact) mass is 290 g/mol. The molecule has 0 aromatic heterocycles. The number of nitrogens with one attached hydrogen (secondary N) is 1. The van der Waals surface area contributed by atoms with Crippen molar-refractivity contribution in [3.05, 3.63) is 0 Å². The molecule has 3 saturated carbocycles. The fourth-order valence-corrected chi connectivity index (χ4v) is 6.53. The van der Waals surface area contributed by atoms with Crippen LogP contribution in [-0.2, 0) is 0 Å². The summed E-state index contributed by atoms with van der Waals surface area (Å²) >= 11 is 0. The Hall–Kier alpha value is -0.0800. The predicted molar refractivity (Wildman–Crippen MR) is 88.3 cm³/mol. The van der Waals surface area contributed by atoms with Crippen molar-refractivity contribution in [2.45, 2.75) is 84.3 Å². The van der Waals surface area contributed by atoms with E-state index < -0.39 is 0 Å². The minimum atomic E-state index is 0.376. The third-order valence-electron chi connectivity index (χ3n) is 7.88. The number of hydrogen-bond acceptors (Lipinski definition) is 2. The van der Waals surface area contributed by atoms with Crippen LogP contribution in [0.2, 0.25) is 0 Å². The second-order valence-corrected chi connectivity index (χ2v) is 9.91. The molecule has 1 saturated heterocycles. The molecule has 5 unspecified atom stereocenters. The summed E-state index contributed by atoms with van der Waals surface area (Å²) in [5.41, 5.74) is 1.45. The van der Waals surface area contributed by atoms with Gasteiger partial charge in [0.25, 0.3) is 0 Å². The van der Waals surface area contributed by atoms with Crippen molar-refractivity contribution >= 4 is 0 Å². The lowest BCUT2D eigenvalue weighted by atomic mass is 9.66. The highest BCUT2D eigenvalue weighted by molar-refractivity contribution is 5.15. The highest BCUT2D eigenvalue weighted by Gasteiger charge is 2.62. The molecule has 0 radical (unpaired) electrons. The van der Waals surface area contributed by atoms with Gasteiger partial charge >= 0.3 is 0 Å². The summed E-state index contributed by atoms with van der Waals surface area (Å²) in [7, 11) is 0. The van der Waals surface area contributed by atoms with Crippen LogP contribution in [0.25, 0.3) is 0 Å². The number of fused-ring (bicyclic) bond motifs is 2. The van der Waals surface area contributed by atoms with Crippen LogP contribution < -0.4 is 5.32 Å². The van der Waals surface area contributed by atoms with Gasteiger partial charge in [0.15, 0.2) is 0 Å². The van der Waals surface area contributed by atoms with Crippen LogP contribution in [0.4, 0.5) is 0 Å². The molecule has 21 heavy (non-hydrogen) atoms. The van der Waals surface area contributed by atoms with E-state index in [1.54, 1.807) is 0 Å². The molecule has 4 aliphatic rings. The number of nitrogens with zero attached hydrogens (tertiary/aromatic N) is 1. The molecular formula is C19H34N2. The van der Waals surface area contributed by atoms with Crippen molar-refractivity contribution in [3.8, 4) is 0 Å². The minimum absolute atomic E-state index is 0.376. The summed E-state index contributed by atoms with van der Waals surface area (Å²) in [4.78, 5) is 2.94. The zero-order valence-corrected chi connectivity index (χ0v) is 14.7. The van der Waals surface area contributed by atoms with E-state index in [9.17, 15) is 0 Å². The molecule has 0 spiro atoms. The van der Waals surface area contributed by atoms with Crippen molar-refractivity contribution in [1.29, 1.82) is 0 Å². The zero-order chi connectivity index (χ0) is 15.0. The van der Waals surface area contributed by atoms with Crippen LogP contribution in [0.5, 0.6) is 0 Å². The van der Waals surface area contributed by atoms with Gasteiger partial charge in [-0.15, -0.1) is 0 Å². The topological polar surface area (TPSA) is 15.3 Å². The van der Waals surface area contributed by atoms with Gasteiger partial charge in [0.2, 0.25) is 0 Å². The molecule has 3 aliphatic carbocycles. The summed E-state index contributed by atoms with van der Waals surface area (Å²) in [5.74, 6) is 1.89. The Bertz CT molecular complexity index is 436. The number of hydrogen-bond donors (Lipinski definition) is 1. The molecule has 2 heteroatoms. The molecule has 1 heterocycles. The van der Waals surface area contributed by atoms with Gasteiger partial charge in [-0.05, 0) is 68.6 Å². The first-order valence-electron chi connectivity index (χ1n) is 9.27. The molecule has 4 rings (SSSR count). The Labute approximate surface area is 131 Å². The van der Waals surface area contributed by atoms with Gasteiger partial charge in [0, 0.05) is 30.7 Å². The van der Waals surface area contributed by atoms with Crippen molar-refractivity contribution in [3.63, 3.8) is 0 Å². The second kappa shape index (κ2) is 4.26. The smallest absolute Gasteiger partial charge is 0.0309 e. The quantitative estimate of drug-likeness (QED) is 0.835. The molecular weight excluding hydrogens is 256 g/mol. The molecule has 0 amide bonds. The van der Waals surface area contributed by atoms with E-state index in [0.29, 0.717) is 22.4 Å². The standard InChI is InChI=1S/C19H34N2/c1-13-11-20-19(5,14-6-7-14)12-21(13)16-17(2,3)15-8-9-18(16,4)10-15/h13-16,20H,6-12H2,1-5H3. The summed E-state index contributed by atoms with van der Waals surface area (Å²) in [6.07, 6.45) is 7.30. The summed E-state index contributed by atoms with van der Waals surface area (Å²) in [6.45, 7) is 15.1. The maximum absolute atomic E-state index is 3.90. The van der Waals surface area contributed by atoms with Gasteiger partial charge in [0.1, 0.15) is 0 Å². The largest absolute Gasteiger partial charge is 0.308 e. The number of rotatable bonds is 2. The second-order valence-electron chi connectivity index (χ2n) is 9.91. The lowest BCUT2D eigenvalue weighted by Crippen LogP contribution is -2.68. The molecule has 2 nitrogen and oxygen atoms in total. The molecule has 0 aromatic rings. The van der Waals surface area contributed by atoms with Gasteiger partial charge in [-0.1, -0.05) is 20.8 Å². The Morgan fingerprint density at radius 1 is 1.00 bits per heavy atom. The third-order valence-corrected chi connectivity index (χ3v) is 7.88. The van der Waals surface area contributed by atoms with E-state index in [2.05, 4.69) is 44.8 Å². The maximum atomic E-state index is 3.90. The van der Waals surface area contributed by atoms with Crippen LogP contribution in [0.1, 0.15) is 66.7 Å². The van der Waals surface area contributed by atoms with Gasteiger partial charge < -0.3 is 5.32 Å². The summed E-state index contributed by atoms with van der Waals surface area (Å²) in [6, 6.07) is 1.48. The fraction of sp³-hybridized carbons (Fsp3) is 1.00. The Kier molecular flexibility index (Phi) is 2.94. The highest BCUT2D eigenvalue weighted by atomic mass is 15.3. The summed E-state index contributed by atoms with van der Waals surface area (Å²) in [5, 5.41) is 3.90. The molecule has 0 aromatic carbocycles. The van der Waals surface area contributed by atoms with Crippen molar-refractivity contribution < 1.29 is 0 Å². The lowest BCUT2D eigenvalue weighted by molar-refractivity contribution is -0.0529. The minimum Gasteiger partial charge on any atom is -0.308 e. The first kappa shape index (κ1) is 14.5. The normalized spacial score (nSPS) is 53.3. The van der Waals surface area contributed by atoms with Gasteiger partial charge in [-0.2, -0.15) is 0 Å². The van der Waals surface area contributed by atoms with Crippen LogP contribution in [0.15, 0.2) is 0 Å². The Morgan fingerprint density at radius 3 is 2.29 bits per heavy atom. The summed E-state index contributed by atoms with van der Waals surface area (Å²) < 4.78 is 0. The first-order chi connectivity index (χ1) is 9.76. The van der Waals surface area contributed by atoms with Crippen LogP contribution in [0.3, 0.4) is 0 Å². The van der Waals surface area contributed by atoms with Crippen LogP contribution in [0, 0.1) is 22.7 Å². The molecule has 2 bridgehead atoms. The first-order valence-corrected chi connectivity index (χ1v) is 9.27. The molecule has 120 valence electrons. The van der Waals surface area contributed by atoms with Gasteiger partial charge in [-0.25, -0.2) is 0 Å². The van der Waals surface area contributed by atoms with E-state index in [4.69, 9.17) is 0 Å². The maximum Gasteiger partial charge on any atom is 0.0309 e.